The molecular weight excluding hydrogens is 524 g/mol. The average Bonchev–Trinajstić information content (AvgIpc) is 2.91. The van der Waals surface area contributed by atoms with Crippen molar-refractivity contribution in [3.05, 3.63) is 94.6 Å². The van der Waals surface area contributed by atoms with E-state index >= 15 is 0 Å². The second-order valence-corrected chi connectivity index (χ2v) is 10.7. The average molecular weight is 551 g/mol. The smallest absolute Gasteiger partial charge is 0.264 e. The number of amides is 1. The number of rotatable bonds is 9. The number of fused-ring (bicyclic) bond motifs is 1. The van der Waals surface area contributed by atoms with E-state index in [4.69, 9.17) is 16.3 Å². The molecule has 1 N–H and O–H groups in total. The number of aromatic nitrogens is 1. The monoisotopic (exact) mass is 550 g/mol. The van der Waals surface area contributed by atoms with E-state index in [-0.39, 0.29) is 10.0 Å². The summed E-state index contributed by atoms with van der Waals surface area (Å²) in [6, 6.07) is 20.8. The van der Waals surface area contributed by atoms with Gasteiger partial charge in [-0.05, 0) is 55.3 Å². The molecule has 1 aromatic heterocycles. The number of sulfonamides is 1. The maximum absolute atomic E-state index is 13.6. The van der Waals surface area contributed by atoms with Crippen LogP contribution >= 0.6 is 11.6 Å². The van der Waals surface area contributed by atoms with Crippen molar-refractivity contribution in [1.29, 1.82) is 0 Å². The lowest BCUT2D eigenvalue weighted by atomic mass is 10.1. The Kier molecular flexibility index (Phi) is 8.29. The number of nitrogens with zero attached hydrogens (tertiary/aromatic N) is 3. The largest absolute Gasteiger partial charge is 0.497 e. The quantitative estimate of drug-likeness (QED) is 0.177. The Morgan fingerprint density at radius 1 is 1.11 bits per heavy atom. The van der Waals surface area contributed by atoms with Crippen LogP contribution in [0.15, 0.2) is 82.8 Å². The van der Waals surface area contributed by atoms with E-state index in [0.717, 1.165) is 20.8 Å². The van der Waals surface area contributed by atoms with Gasteiger partial charge < -0.3 is 4.74 Å². The number of para-hydroxylation sites is 1. The normalized spacial score (nSPS) is 11.6. The first-order valence-electron chi connectivity index (χ1n) is 11.9. The predicted octanol–water partition coefficient (Wildman–Crippen LogP) is 5.11. The Balaban J connectivity index is 1.58. The summed E-state index contributed by atoms with van der Waals surface area (Å²) < 4.78 is 33.6. The molecule has 0 aliphatic heterocycles. The van der Waals surface area contributed by atoms with Gasteiger partial charge in [0.15, 0.2) is 0 Å². The van der Waals surface area contributed by atoms with Crippen molar-refractivity contribution in [2.45, 2.75) is 25.2 Å². The van der Waals surface area contributed by atoms with E-state index in [9.17, 15) is 13.2 Å². The van der Waals surface area contributed by atoms with E-state index in [1.165, 1.54) is 18.3 Å². The molecule has 4 aromatic rings. The molecule has 10 heteroatoms. The minimum absolute atomic E-state index is 0.0935. The molecule has 0 aliphatic carbocycles. The van der Waals surface area contributed by atoms with Gasteiger partial charge in [-0.15, -0.1) is 0 Å². The fraction of sp³-hybridized carbons (Fsp3) is 0.179. The first kappa shape index (κ1) is 27.1. The van der Waals surface area contributed by atoms with Crippen LogP contribution in [0.2, 0.25) is 5.15 Å². The van der Waals surface area contributed by atoms with Gasteiger partial charge in [0.05, 0.1) is 29.4 Å². The summed E-state index contributed by atoms with van der Waals surface area (Å²) in [6.45, 7) is 3.34. The summed E-state index contributed by atoms with van der Waals surface area (Å²) in [4.78, 5) is 17.4. The highest BCUT2D eigenvalue weighted by atomic mass is 35.5. The van der Waals surface area contributed by atoms with E-state index < -0.39 is 22.5 Å². The Bertz CT molecular complexity index is 1610. The van der Waals surface area contributed by atoms with Gasteiger partial charge in [0.25, 0.3) is 15.9 Å². The Labute approximate surface area is 227 Å². The number of benzene rings is 3. The van der Waals surface area contributed by atoms with Crippen molar-refractivity contribution in [1.82, 2.24) is 10.4 Å². The Morgan fingerprint density at radius 2 is 1.84 bits per heavy atom. The van der Waals surface area contributed by atoms with E-state index in [2.05, 4.69) is 15.5 Å². The van der Waals surface area contributed by atoms with Gasteiger partial charge >= 0.3 is 0 Å². The number of halogens is 1. The minimum Gasteiger partial charge on any atom is -0.497 e. The maximum atomic E-state index is 13.6. The summed E-state index contributed by atoms with van der Waals surface area (Å²) in [7, 11) is -2.46. The number of carbonyl (C=O) groups is 1. The highest BCUT2D eigenvalue weighted by Crippen LogP contribution is 2.28. The second kappa shape index (κ2) is 11.6. The molecule has 196 valence electrons. The van der Waals surface area contributed by atoms with Crippen LogP contribution in [-0.2, 0) is 21.2 Å². The van der Waals surface area contributed by atoms with Gasteiger partial charge in [0, 0.05) is 17.0 Å². The summed E-state index contributed by atoms with van der Waals surface area (Å²) in [5.41, 5.74) is 5.72. The molecule has 0 unspecified atom stereocenters. The van der Waals surface area contributed by atoms with Gasteiger partial charge in [-0.2, -0.15) is 5.10 Å². The van der Waals surface area contributed by atoms with E-state index in [1.54, 1.807) is 49.6 Å². The number of carbonyl (C=O) groups excluding carboxylic acids is 1. The number of ether oxygens (including phenoxy) is 1. The van der Waals surface area contributed by atoms with Crippen molar-refractivity contribution in [2.75, 3.05) is 18.0 Å². The fourth-order valence-corrected chi connectivity index (χ4v) is 5.54. The van der Waals surface area contributed by atoms with Crippen LogP contribution in [0.25, 0.3) is 10.9 Å². The van der Waals surface area contributed by atoms with Crippen LogP contribution in [-0.4, -0.2) is 39.2 Å². The molecule has 0 atom stereocenters. The second-order valence-electron chi connectivity index (χ2n) is 8.53. The summed E-state index contributed by atoms with van der Waals surface area (Å²) in [5.74, 6) is 0.0435. The van der Waals surface area contributed by atoms with Gasteiger partial charge in [0.1, 0.15) is 17.4 Å². The molecule has 3 aromatic carbocycles. The molecule has 0 fully saturated rings. The topological polar surface area (TPSA) is 101 Å². The third-order valence-corrected chi connectivity index (χ3v) is 8.01. The van der Waals surface area contributed by atoms with Gasteiger partial charge in [-0.1, -0.05) is 54.4 Å². The third kappa shape index (κ3) is 5.95. The lowest BCUT2D eigenvalue weighted by molar-refractivity contribution is -0.119. The molecule has 0 saturated carbocycles. The number of methoxy groups -OCH3 is 1. The number of hydrogen-bond acceptors (Lipinski definition) is 6. The Hall–Kier alpha value is -3.95. The number of anilines is 1. The highest BCUT2D eigenvalue weighted by molar-refractivity contribution is 7.92. The van der Waals surface area contributed by atoms with Crippen LogP contribution in [0.1, 0.15) is 23.6 Å². The molecule has 0 bridgehead atoms. The number of nitrogens with one attached hydrogen (secondary N) is 1. The van der Waals surface area contributed by atoms with E-state index in [1.807, 2.05) is 32.0 Å². The third-order valence-electron chi connectivity index (χ3n) is 5.94. The van der Waals surface area contributed by atoms with Gasteiger partial charge in [-0.25, -0.2) is 18.8 Å². The van der Waals surface area contributed by atoms with Crippen LogP contribution in [0.4, 0.5) is 5.69 Å². The Morgan fingerprint density at radius 3 is 2.55 bits per heavy atom. The first-order valence-corrected chi connectivity index (χ1v) is 13.7. The first-order chi connectivity index (χ1) is 18.2. The molecule has 0 spiro atoms. The van der Waals surface area contributed by atoms with Crippen molar-refractivity contribution in [3.8, 4) is 5.75 Å². The lowest BCUT2D eigenvalue weighted by Crippen LogP contribution is -2.40. The summed E-state index contributed by atoms with van der Waals surface area (Å²) in [6.07, 6.45) is 1.96. The van der Waals surface area contributed by atoms with Gasteiger partial charge in [0.2, 0.25) is 0 Å². The number of hydrazone groups is 1. The number of aryl methyl sites for hydroxylation is 2. The van der Waals surface area contributed by atoms with Crippen molar-refractivity contribution in [3.63, 3.8) is 0 Å². The molecule has 0 radical (unpaired) electrons. The SMILES string of the molecule is CCc1ccccc1N(CC(=O)N/N=C\c1cc2ccc(OC)cc2nc1Cl)S(=O)(=O)c1ccc(C)cc1. The van der Waals surface area contributed by atoms with Crippen molar-refractivity contribution in [2.24, 2.45) is 5.10 Å². The zero-order valence-corrected chi connectivity index (χ0v) is 22.8. The zero-order chi connectivity index (χ0) is 27.3. The molecule has 0 saturated heterocycles. The maximum Gasteiger partial charge on any atom is 0.264 e. The molecule has 0 aliphatic rings. The number of pyridine rings is 1. The summed E-state index contributed by atoms with van der Waals surface area (Å²) >= 11 is 6.31. The summed E-state index contributed by atoms with van der Waals surface area (Å²) in [5, 5.41) is 5.02. The molecular formula is C28H27ClN4O4S. The molecule has 38 heavy (non-hydrogen) atoms. The number of hydrogen-bond donors (Lipinski definition) is 1. The van der Waals surface area contributed by atoms with Gasteiger partial charge in [-0.3, -0.25) is 9.10 Å². The standard InChI is InChI=1S/C28H27ClN4O4S/c1-4-20-7-5-6-8-26(20)33(38(35,36)24-13-9-19(2)10-14-24)18-27(34)32-30-17-22-15-21-11-12-23(37-3)16-25(21)31-28(22)29/h5-17H,4,18H2,1-3H3,(H,32,34)/b30-17-. The molecule has 4 rings (SSSR count). The van der Waals surface area contributed by atoms with Crippen molar-refractivity contribution < 1.29 is 17.9 Å². The minimum atomic E-state index is -4.03. The lowest BCUT2D eigenvalue weighted by Gasteiger charge is -2.25. The molecule has 1 amide bonds. The van der Waals surface area contributed by atoms with Crippen LogP contribution < -0.4 is 14.5 Å². The van der Waals surface area contributed by atoms with Crippen molar-refractivity contribution >= 4 is 50.3 Å². The predicted molar refractivity (Wildman–Crippen MR) is 151 cm³/mol. The van der Waals surface area contributed by atoms with Crippen LogP contribution in [0, 0.1) is 6.92 Å². The van der Waals surface area contributed by atoms with Crippen LogP contribution in [0.3, 0.4) is 0 Å². The fourth-order valence-electron chi connectivity index (χ4n) is 3.89. The van der Waals surface area contributed by atoms with E-state index in [0.29, 0.717) is 28.9 Å². The molecule has 1 heterocycles. The highest BCUT2D eigenvalue weighted by Gasteiger charge is 2.28. The zero-order valence-electron chi connectivity index (χ0n) is 21.2. The molecule has 8 nitrogen and oxygen atoms in total. The van der Waals surface area contributed by atoms with Crippen LogP contribution in [0.5, 0.6) is 5.75 Å².